The zero-order chi connectivity index (χ0) is 9.81. The molecule has 2 nitrogen and oxygen atoms in total. The fourth-order valence-corrected chi connectivity index (χ4v) is 33.5. The number of hydrogen-bond donors (Lipinski definition) is 3. The summed E-state index contributed by atoms with van der Waals surface area (Å²) in [6, 6.07) is 0. The molecule has 0 atom stereocenters. The zero-order valence-electron chi connectivity index (χ0n) is 7.76. The monoisotopic (exact) mass is 248 g/mol. The van der Waals surface area contributed by atoms with E-state index in [-0.39, 0.29) is 0 Å². The molecule has 1 saturated heterocycles. The van der Waals surface area contributed by atoms with Gasteiger partial charge in [-0.3, -0.25) is 0 Å². The van der Waals surface area contributed by atoms with Gasteiger partial charge in [0.25, 0.3) is 0 Å². The van der Waals surface area contributed by atoms with Crippen molar-refractivity contribution in [1.29, 1.82) is 0 Å². The van der Waals surface area contributed by atoms with Crippen LogP contribution in [0, 0.1) is 0 Å². The van der Waals surface area contributed by atoms with Crippen LogP contribution in [-0.2, 0) is 0 Å². The Kier molecular flexibility index (Phi) is 2.59. The van der Waals surface area contributed by atoms with Gasteiger partial charge in [-0.1, -0.05) is 0 Å². The molecule has 1 aliphatic rings. The molecule has 0 aromatic rings. The van der Waals surface area contributed by atoms with Gasteiger partial charge in [-0.25, -0.2) is 0 Å². The predicted molar refractivity (Wildman–Crippen MR) is 65.8 cm³/mol. The van der Waals surface area contributed by atoms with Gasteiger partial charge < -0.3 is 0 Å². The summed E-state index contributed by atoms with van der Waals surface area (Å²) in [4.78, 5) is 19.8. The van der Waals surface area contributed by atoms with Gasteiger partial charge in [-0.2, -0.15) is 0 Å². The molecule has 1 aliphatic heterocycles. The number of hydrogen-bond acceptors (Lipinski definition) is 4. The Bertz CT molecular complexity index is 201. The molecule has 76 valence electrons. The van der Waals surface area contributed by atoms with Crippen molar-refractivity contribution in [3.05, 3.63) is 0 Å². The summed E-state index contributed by atoms with van der Waals surface area (Å²) in [6.07, 6.45) is 0. The molecule has 0 unspecified atom stereocenters. The Morgan fingerprint density at radius 2 is 1.42 bits per heavy atom. The molecule has 6 heteroatoms. The van der Waals surface area contributed by atoms with E-state index in [9.17, 15) is 9.79 Å². The molecule has 1 rings (SSSR count). The molecule has 0 aromatic carbocycles. The third-order valence-electron chi connectivity index (χ3n) is 2.08. The van der Waals surface area contributed by atoms with Crippen LogP contribution < -0.4 is 0 Å². The van der Waals surface area contributed by atoms with Crippen molar-refractivity contribution in [3.63, 3.8) is 0 Å². The Labute approximate surface area is 84.0 Å². The van der Waals surface area contributed by atoms with Crippen molar-refractivity contribution >= 4 is 36.0 Å². The van der Waals surface area contributed by atoms with E-state index in [0.29, 0.717) is 10.5 Å². The first-order valence-corrected chi connectivity index (χ1v) is 11.5. The third kappa shape index (κ3) is 1.33. The van der Waals surface area contributed by atoms with Gasteiger partial charge in [0.05, 0.1) is 0 Å². The summed E-state index contributed by atoms with van der Waals surface area (Å²) < 4.78 is -3.54. The Balaban J connectivity index is 2.99. The molecule has 1 heterocycles. The summed E-state index contributed by atoms with van der Waals surface area (Å²) in [7, 11) is 0.0289. The molecule has 1 fully saturated rings. The SMILES string of the molecule is CC(C)S1(C(C)C)SP1(O)(O)S. The molecular weight excluding hydrogens is 231 g/mol. The van der Waals surface area contributed by atoms with Crippen molar-refractivity contribution in [2.24, 2.45) is 0 Å². The van der Waals surface area contributed by atoms with Gasteiger partial charge >= 0.3 is 84.0 Å². The van der Waals surface area contributed by atoms with Crippen molar-refractivity contribution in [2.75, 3.05) is 0 Å². The van der Waals surface area contributed by atoms with Gasteiger partial charge in [-0.15, -0.1) is 0 Å². The molecule has 2 N–H and O–H groups in total. The van der Waals surface area contributed by atoms with E-state index in [2.05, 4.69) is 39.9 Å². The van der Waals surface area contributed by atoms with Crippen LogP contribution in [0.1, 0.15) is 27.7 Å². The molecule has 0 bridgehead atoms. The van der Waals surface area contributed by atoms with Crippen molar-refractivity contribution in [2.45, 2.75) is 38.2 Å². The van der Waals surface area contributed by atoms with E-state index in [0.717, 1.165) is 0 Å². The molecule has 0 radical (unpaired) electrons. The van der Waals surface area contributed by atoms with Crippen molar-refractivity contribution < 1.29 is 9.79 Å². The van der Waals surface area contributed by atoms with E-state index in [1.165, 1.54) is 10.4 Å². The minimum absolute atomic E-state index is 0.340. The second-order valence-corrected chi connectivity index (χ2v) is 23.3. The molecule has 0 aromatic heterocycles. The van der Waals surface area contributed by atoms with E-state index in [4.69, 9.17) is 0 Å². The van der Waals surface area contributed by atoms with Crippen LogP contribution in [0.2, 0.25) is 0 Å². The Hall–Kier alpha value is 1.40. The van der Waals surface area contributed by atoms with Crippen molar-refractivity contribution in [3.8, 4) is 0 Å². The molecule has 0 amide bonds. The molecule has 0 saturated carbocycles. The average molecular weight is 248 g/mol. The minimum atomic E-state index is -3.54. The quantitative estimate of drug-likeness (QED) is 0.304. The summed E-state index contributed by atoms with van der Waals surface area (Å²) in [5.74, 6) is 0. The van der Waals surface area contributed by atoms with Gasteiger partial charge in [-0.05, 0) is 0 Å². The van der Waals surface area contributed by atoms with Gasteiger partial charge in [0.2, 0.25) is 0 Å². The second-order valence-electron chi connectivity index (χ2n) is 3.62. The van der Waals surface area contributed by atoms with E-state index in [1.807, 2.05) is 0 Å². The molecular formula is C6H17O2PS3. The average Bonchev–Trinajstić information content (AvgIpc) is 2.28. The Morgan fingerprint density at radius 1 is 1.17 bits per heavy atom. The van der Waals surface area contributed by atoms with E-state index in [1.54, 1.807) is 0 Å². The predicted octanol–water partition coefficient (Wildman–Crippen LogP) is 3.31. The van der Waals surface area contributed by atoms with Crippen LogP contribution in [0.4, 0.5) is 0 Å². The topological polar surface area (TPSA) is 40.5 Å². The molecule has 0 spiro atoms. The standard InChI is InChI=1S/C6H17O2PS3/c1-5(2)12(6(3)4)9(7,8,10)11-12/h5-8,10H,1-4H3. The normalized spacial score (nSPS) is 35.6. The van der Waals surface area contributed by atoms with Crippen LogP contribution in [0.5, 0.6) is 0 Å². The van der Waals surface area contributed by atoms with Crippen LogP contribution in [0.15, 0.2) is 0 Å². The summed E-state index contributed by atoms with van der Waals surface area (Å²) in [6.45, 7) is 8.22. The fourth-order valence-electron chi connectivity index (χ4n) is 1.65. The Morgan fingerprint density at radius 3 is 1.42 bits per heavy atom. The van der Waals surface area contributed by atoms with Gasteiger partial charge in [0, 0.05) is 0 Å². The van der Waals surface area contributed by atoms with Crippen LogP contribution in [0.3, 0.4) is 0 Å². The van der Waals surface area contributed by atoms with Gasteiger partial charge in [0.15, 0.2) is 0 Å². The maximum atomic E-state index is 9.90. The zero-order valence-corrected chi connectivity index (χ0v) is 11.2. The van der Waals surface area contributed by atoms with Crippen LogP contribution in [-0.4, -0.2) is 20.3 Å². The molecule has 12 heavy (non-hydrogen) atoms. The first-order chi connectivity index (χ1) is 5.12. The number of rotatable bonds is 2. The van der Waals surface area contributed by atoms with Crippen molar-refractivity contribution in [1.82, 2.24) is 0 Å². The second kappa shape index (κ2) is 2.71. The van der Waals surface area contributed by atoms with E-state index >= 15 is 0 Å². The summed E-state index contributed by atoms with van der Waals surface area (Å²) >= 11 is 4.09. The number of thiol groups is 1. The molecule has 0 aliphatic carbocycles. The first kappa shape index (κ1) is 11.5. The van der Waals surface area contributed by atoms with E-state index < -0.39 is 13.3 Å². The summed E-state index contributed by atoms with van der Waals surface area (Å²) in [5.41, 5.74) is 0. The third-order valence-corrected chi connectivity index (χ3v) is 28.8. The van der Waals surface area contributed by atoms with Gasteiger partial charge in [0.1, 0.15) is 0 Å². The van der Waals surface area contributed by atoms with Crippen LogP contribution in [0.25, 0.3) is 0 Å². The first-order valence-electron chi connectivity index (χ1n) is 3.91. The fraction of sp³-hybridized carbons (Fsp3) is 1.00. The van der Waals surface area contributed by atoms with Crippen LogP contribution >= 0.6 is 36.0 Å². The maximum absolute atomic E-state index is 9.90. The summed E-state index contributed by atoms with van der Waals surface area (Å²) in [5, 5.41) is 0.681.